The van der Waals surface area contributed by atoms with Crippen LogP contribution in [0.3, 0.4) is 0 Å². The molecule has 0 bridgehead atoms. The smallest absolute Gasteiger partial charge is 0.119 e. The summed E-state index contributed by atoms with van der Waals surface area (Å²) in [4.78, 5) is 0. The predicted octanol–water partition coefficient (Wildman–Crippen LogP) is 2.04. The van der Waals surface area contributed by atoms with Gasteiger partial charge in [0.25, 0.3) is 0 Å². The van der Waals surface area contributed by atoms with Crippen molar-refractivity contribution < 1.29 is 9.84 Å². The van der Waals surface area contributed by atoms with Crippen molar-refractivity contribution in [3.05, 3.63) is 37.3 Å². The second-order valence-corrected chi connectivity index (χ2v) is 2.89. The summed E-state index contributed by atoms with van der Waals surface area (Å²) in [6.07, 6.45) is 0.833. The van der Waals surface area contributed by atoms with Crippen molar-refractivity contribution in [1.29, 1.82) is 0 Å². The summed E-state index contributed by atoms with van der Waals surface area (Å²) in [7, 11) is 0. The van der Waals surface area contributed by atoms with Crippen molar-refractivity contribution in [2.24, 2.45) is 0 Å². The molecule has 13 heavy (non-hydrogen) atoms. The van der Waals surface area contributed by atoms with Crippen LogP contribution < -0.4 is 4.74 Å². The van der Waals surface area contributed by atoms with Gasteiger partial charge in [-0.2, -0.15) is 0 Å². The van der Waals surface area contributed by atoms with Crippen LogP contribution in [-0.2, 0) is 0 Å². The summed E-state index contributed by atoms with van der Waals surface area (Å²) in [6, 6.07) is 9.59. The van der Waals surface area contributed by atoms with Crippen LogP contribution in [0.4, 0.5) is 0 Å². The SMILES string of the molecule is [CH2]C[C@@H](O)CCOc1ccccc1. The van der Waals surface area contributed by atoms with E-state index in [9.17, 15) is 5.11 Å². The van der Waals surface area contributed by atoms with Crippen LogP contribution in [0, 0.1) is 6.92 Å². The normalized spacial score (nSPS) is 12.5. The third kappa shape index (κ3) is 3.95. The van der Waals surface area contributed by atoms with E-state index < -0.39 is 0 Å². The maximum Gasteiger partial charge on any atom is 0.119 e. The molecule has 2 heteroatoms. The molecule has 0 saturated heterocycles. The van der Waals surface area contributed by atoms with Gasteiger partial charge in [-0.25, -0.2) is 0 Å². The Bertz CT molecular complexity index is 221. The highest BCUT2D eigenvalue weighted by Gasteiger charge is 2.00. The Kier molecular flexibility index (Phi) is 4.33. The van der Waals surface area contributed by atoms with Gasteiger partial charge in [0, 0.05) is 6.42 Å². The van der Waals surface area contributed by atoms with Crippen molar-refractivity contribution in [3.8, 4) is 5.75 Å². The molecule has 0 aliphatic heterocycles. The average molecular weight is 179 g/mol. The fourth-order valence-corrected chi connectivity index (χ4v) is 0.974. The van der Waals surface area contributed by atoms with Gasteiger partial charge in [-0.3, -0.25) is 0 Å². The molecule has 1 rings (SSSR count). The monoisotopic (exact) mass is 179 g/mol. The molecule has 1 aromatic carbocycles. The van der Waals surface area contributed by atoms with Crippen LogP contribution in [0.1, 0.15) is 12.8 Å². The Morgan fingerprint density at radius 1 is 1.31 bits per heavy atom. The minimum Gasteiger partial charge on any atom is -0.493 e. The number of ether oxygens (including phenoxy) is 1. The summed E-state index contributed by atoms with van der Waals surface area (Å²) in [5, 5.41) is 9.19. The van der Waals surface area contributed by atoms with E-state index in [2.05, 4.69) is 6.92 Å². The first-order valence-corrected chi connectivity index (χ1v) is 4.48. The molecule has 1 aromatic rings. The molecular weight excluding hydrogens is 164 g/mol. The highest BCUT2D eigenvalue weighted by molar-refractivity contribution is 5.20. The molecule has 0 spiro atoms. The van der Waals surface area contributed by atoms with E-state index >= 15 is 0 Å². The number of benzene rings is 1. The Morgan fingerprint density at radius 3 is 2.62 bits per heavy atom. The van der Waals surface area contributed by atoms with Crippen molar-refractivity contribution in [3.63, 3.8) is 0 Å². The lowest BCUT2D eigenvalue weighted by Crippen LogP contribution is -2.10. The lowest BCUT2D eigenvalue weighted by molar-refractivity contribution is 0.141. The molecule has 1 radical (unpaired) electrons. The molecule has 0 amide bonds. The quantitative estimate of drug-likeness (QED) is 0.749. The van der Waals surface area contributed by atoms with Gasteiger partial charge in [-0.1, -0.05) is 25.1 Å². The number of hydrogen-bond donors (Lipinski definition) is 1. The molecule has 0 unspecified atom stereocenters. The van der Waals surface area contributed by atoms with Crippen LogP contribution in [0.2, 0.25) is 0 Å². The fraction of sp³-hybridized carbons (Fsp3) is 0.364. The van der Waals surface area contributed by atoms with Crippen LogP contribution in [0.15, 0.2) is 30.3 Å². The molecule has 0 aromatic heterocycles. The van der Waals surface area contributed by atoms with E-state index in [1.165, 1.54) is 0 Å². The first kappa shape index (κ1) is 10.1. The summed E-state index contributed by atoms with van der Waals surface area (Å²) in [5.41, 5.74) is 0. The highest BCUT2D eigenvalue weighted by atomic mass is 16.5. The van der Waals surface area contributed by atoms with Crippen LogP contribution in [0.25, 0.3) is 0 Å². The first-order chi connectivity index (χ1) is 6.33. The third-order valence-electron chi connectivity index (χ3n) is 1.80. The zero-order chi connectivity index (χ0) is 9.52. The summed E-state index contributed by atoms with van der Waals surface area (Å²) in [5.74, 6) is 0.846. The third-order valence-corrected chi connectivity index (χ3v) is 1.80. The van der Waals surface area contributed by atoms with E-state index in [0.717, 1.165) is 5.75 Å². The standard InChI is InChI=1S/C11H15O2/c1-2-10(12)8-9-13-11-6-4-3-5-7-11/h3-7,10,12H,1-2,8-9H2/t10-/m1/s1. The molecule has 0 saturated carbocycles. The van der Waals surface area contributed by atoms with E-state index in [4.69, 9.17) is 4.74 Å². The zero-order valence-electron chi connectivity index (χ0n) is 7.65. The van der Waals surface area contributed by atoms with Gasteiger partial charge in [0.05, 0.1) is 12.7 Å². The molecular formula is C11H15O2. The van der Waals surface area contributed by atoms with Gasteiger partial charge >= 0.3 is 0 Å². The Morgan fingerprint density at radius 2 is 2.00 bits per heavy atom. The van der Waals surface area contributed by atoms with Crippen LogP contribution >= 0.6 is 0 Å². The van der Waals surface area contributed by atoms with Gasteiger partial charge < -0.3 is 9.84 Å². The van der Waals surface area contributed by atoms with Crippen molar-refractivity contribution >= 4 is 0 Å². The van der Waals surface area contributed by atoms with E-state index in [1.807, 2.05) is 30.3 Å². The van der Waals surface area contributed by atoms with E-state index in [1.54, 1.807) is 0 Å². The minimum atomic E-state index is -0.344. The molecule has 0 heterocycles. The van der Waals surface area contributed by atoms with Gasteiger partial charge in [0.2, 0.25) is 0 Å². The molecule has 0 fully saturated rings. The lowest BCUT2D eigenvalue weighted by Gasteiger charge is -2.08. The highest BCUT2D eigenvalue weighted by Crippen LogP contribution is 2.09. The summed E-state index contributed by atoms with van der Waals surface area (Å²) in [6.45, 7) is 4.15. The van der Waals surface area contributed by atoms with E-state index in [-0.39, 0.29) is 6.10 Å². The Balaban J connectivity index is 2.20. The number of aliphatic hydroxyl groups excluding tert-OH is 1. The number of para-hydroxylation sites is 1. The lowest BCUT2D eigenvalue weighted by atomic mass is 10.2. The van der Waals surface area contributed by atoms with Crippen molar-refractivity contribution in [2.45, 2.75) is 18.9 Å². The van der Waals surface area contributed by atoms with Gasteiger partial charge in [-0.15, -0.1) is 0 Å². The van der Waals surface area contributed by atoms with Gasteiger partial charge in [-0.05, 0) is 18.6 Å². The van der Waals surface area contributed by atoms with Crippen molar-refractivity contribution in [2.75, 3.05) is 6.61 Å². The topological polar surface area (TPSA) is 29.5 Å². The summed E-state index contributed by atoms with van der Waals surface area (Å²) >= 11 is 0. The second kappa shape index (κ2) is 5.60. The number of hydrogen-bond acceptors (Lipinski definition) is 2. The number of rotatable bonds is 5. The second-order valence-electron chi connectivity index (χ2n) is 2.89. The number of aliphatic hydroxyl groups is 1. The van der Waals surface area contributed by atoms with Gasteiger partial charge in [0.1, 0.15) is 5.75 Å². The molecule has 71 valence electrons. The van der Waals surface area contributed by atoms with E-state index in [0.29, 0.717) is 19.4 Å². The largest absolute Gasteiger partial charge is 0.493 e. The minimum absolute atomic E-state index is 0.344. The zero-order valence-corrected chi connectivity index (χ0v) is 7.65. The molecule has 0 aliphatic carbocycles. The first-order valence-electron chi connectivity index (χ1n) is 4.48. The average Bonchev–Trinajstić information content (AvgIpc) is 2.19. The van der Waals surface area contributed by atoms with Gasteiger partial charge in [0.15, 0.2) is 0 Å². The predicted molar refractivity (Wildman–Crippen MR) is 52.5 cm³/mol. The van der Waals surface area contributed by atoms with Crippen molar-refractivity contribution in [1.82, 2.24) is 0 Å². The molecule has 2 nitrogen and oxygen atoms in total. The molecule has 0 aliphatic rings. The van der Waals surface area contributed by atoms with Crippen LogP contribution in [0.5, 0.6) is 5.75 Å². The fourth-order valence-electron chi connectivity index (χ4n) is 0.974. The molecule has 1 N–H and O–H groups in total. The maximum atomic E-state index is 9.19. The van der Waals surface area contributed by atoms with Crippen LogP contribution in [-0.4, -0.2) is 17.8 Å². The summed E-state index contributed by atoms with van der Waals surface area (Å²) < 4.78 is 5.39. The maximum absolute atomic E-state index is 9.19. The Labute approximate surface area is 79.2 Å². The molecule has 1 atom stereocenters. The Hall–Kier alpha value is -1.02.